The third kappa shape index (κ3) is 1.72. The van der Waals surface area contributed by atoms with Gasteiger partial charge in [-0.05, 0) is 11.4 Å². The van der Waals surface area contributed by atoms with Crippen molar-refractivity contribution in [1.82, 2.24) is 10.1 Å². The van der Waals surface area contributed by atoms with Crippen molar-refractivity contribution in [2.45, 2.75) is 0 Å². The summed E-state index contributed by atoms with van der Waals surface area (Å²) in [5, 5.41) is 13.7. The van der Waals surface area contributed by atoms with Crippen molar-refractivity contribution in [3.63, 3.8) is 0 Å². The molecule has 2 aromatic heterocycles. The maximum absolute atomic E-state index is 10.1. The minimum absolute atomic E-state index is 0.316. The molecule has 0 fully saturated rings. The van der Waals surface area contributed by atoms with E-state index in [2.05, 4.69) is 19.4 Å². The second kappa shape index (κ2) is 3.46. The fraction of sp³-hybridized carbons (Fsp3) is 0. The second-order valence-electron chi connectivity index (χ2n) is 2.23. The molecule has 0 radical (unpaired) electrons. The van der Waals surface area contributed by atoms with Crippen LogP contribution in [-0.2, 0) is 0 Å². The van der Waals surface area contributed by atoms with Gasteiger partial charge in [-0.1, -0.05) is 11.2 Å². The van der Waals surface area contributed by atoms with Gasteiger partial charge >= 0.3 is 12.2 Å². The number of ether oxygens (including phenoxy) is 1. The number of hydrogen-bond donors (Lipinski definition) is 1. The number of hydrogen-bond acceptors (Lipinski definition) is 6. The molecule has 2 aromatic rings. The number of thiophene rings is 1. The molecule has 2 heterocycles. The molecule has 0 spiro atoms. The molecule has 0 atom stereocenters. The molecule has 72 valence electrons. The third-order valence-corrected chi connectivity index (χ3v) is 2.19. The summed E-state index contributed by atoms with van der Waals surface area (Å²) >= 11 is 1.42. The molecule has 7 heteroatoms. The van der Waals surface area contributed by atoms with Crippen molar-refractivity contribution in [3.8, 4) is 16.8 Å². The van der Waals surface area contributed by atoms with Gasteiger partial charge in [0.2, 0.25) is 5.82 Å². The van der Waals surface area contributed by atoms with E-state index < -0.39 is 6.16 Å². The Kier molecular flexibility index (Phi) is 2.15. The quantitative estimate of drug-likeness (QED) is 0.764. The average molecular weight is 212 g/mol. The van der Waals surface area contributed by atoms with Crippen molar-refractivity contribution in [2.24, 2.45) is 0 Å². The Hall–Kier alpha value is -1.89. The summed E-state index contributed by atoms with van der Waals surface area (Å²) < 4.78 is 8.72. The van der Waals surface area contributed by atoms with Gasteiger partial charge < -0.3 is 9.84 Å². The van der Waals surface area contributed by atoms with Crippen LogP contribution < -0.4 is 4.74 Å². The first-order valence-corrected chi connectivity index (χ1v) is 4.42. The highest BCUT2D eigenvalue weighted by Crippen LogP contribution is 2.23. The number of rotatable bonds is 2. The lowest BCUT2D eigenvalue weighted by molar-refractivity contribution is 0.125. The monoisotopic (exact) mass is 212 g/mol. The minimum Gasteiger partial charge on any atom is -0.449 e. The first kappa shape index (κ1) is 8.70. The molecule has 2 rings (SSSR count). The van der Waals surface area contributed by atoms with Crippen LogP contribution in [0.2, 0.25) is 0 Å². The zero-order chi connectivity index (χ0) is 9.97. The van der Waals surface area contributed by atoms with Crippen LogP contribution in [0.25, 0.3) is 10.7 Å². The van der Waals surface area contributed by atoms with Crippen LogP contribution in [0, 0.1) is 0 Å². The second-order valence-corrected chi connectivity index (χ2v) is 3.18. The first-order valence-electron chi connectivity index (χ1n) is 3.54. The molecule has 1 N–H and O–H groups in total. The normalized spacial score (nSPS) is 10.0. The van der Waals surface area contributed by atoms with Crippen LogP contribution in [0.4, 0.5) is 4.79 Å². The van der Waals surface area contributed by atoms with E-state index in [1.165, 1.54) is 11.3 Å². The molecule has 0 aliphatic heterocycles. The Balaban J connectivity index is 2.22. The Morgan fingerprint density at radius 1 is 1.64 bits per heavy atom. The molecule has 14 heavy (non-hydrogen) atoms. The van der Waals surface area contributed by atoms with Gasteiger partial charge in [0.05, 0.1) is 4.88 Å². The molecule has 0 bridgehead atoms. The van der Waals surface area contributed by atoms with E-state index in [-0.39, 0.29) is 6.08 Å². The smallest absolute Gasteiger partial charge is 0.449 e. The molecule has 0 saturated carbocycles. The van der Waals surface area contributed by atoms with Crippen LogP contribution in [0.15, 0.2) is 22.0 Å². The Labute approximate surface area is 81.7 Å². The van der Waals surface area contributed by atoms with E-state index in [0.29, 0.717) is 5.82 Å². The van der Waals surface area contributed by atoms with Gasteiger partial charge in [-0.3, -0.25) is 4.52 Å². The molecule has 6 nitrogen and oxygen atoms in total. The van der Waals surface area contributed by atoms with Crippen LogP contribution in [-0.4, -0.2) is 21.4 Å². The third-order valence-electron chi connectivity index (χ3n) is 1.32. The Morgan fingerprint density at radius 3 is 3.14 bits per heavy atom. The number of aromatic nitrogens is 2. The van der Waals surface area contributed by atoms with E-state index >= 15 is 0 Å². The largest absolute Gasteiger partial charge is 0.514 e. The van der Waals surface area contributed by atoms with Crippen LogP contribution in [0.3, 0.4) is 0 Å². The maximum Gasteiger partial charge on any atom is 0.514 e. The predicted molar refractivity (Wildman–Crippen MR) is 46.3 cm³/mol. The highest BCUT2D eigenvalue weighted by molar-refractivity contribution is 7.13. The van der Waals surface area contributed by atoms with Crippen LogP contribution in [0.5, 0.6) is 6.08 Å². The summed E-state index contributed by atoms with van der Waals surface area (Å²) in [6.45, 7) is 0. The predicted octanol–water partition coefficient (Wildman–Crippen LogP) is 1.85. The van der Waals surface area contributed by atoms with Crippen LogP contribution in [0.1, 0.15) is 0 Å². The SMILES string of the molecule is O=C(O)Oc1nc(-c2cccs2)no1. The lowest BCUT2D eigenvalue weighted by Gasteiger charge is -1.86. The summed E-state index contributed by atoms with van der Waals surface area (Å²) in [5.74, 6) is 0.316. The molecule has 0 aromatic carbocycles. The standard InChI is InChI=1S/C7H4N2O4S/c10-7(11)12-6-8-5(9-13-6)4-2-1-3-14-4/h1-3H,(H,10,11). The zero-order valence-electron chi connectivity index (χ0n) is 6.71. The van der Waals surface area contributed by atoms with Gasteiger partial charge in [0, 0.05) is 0 Å². The van der Waals surface area contributed by atoms with Gasteiger partial charge in [-0.2, -0.15) is 4.98 Å². The summed E-state index contributed by atoms with van der Waals surface area (Å²) in [6, 6.07) is 3.62. The number of carbonyl (C=O) groups is 1. The van der Waals surface area contributed by atoms with E-state index in [0.717, 1.165) is 4.88 Å². The summed E-state index contributed by atoms with van der Waals surface area (Å²) in [4.78, 5) is 14.6. The zero-order valence-corrected chi connectivity index (χ0v) is 7.52. The summed E-state index contributed by atoms with van der Waals surface area (Å²) in [6.07, 6.45) is -1.85. The van der Waals surface area contributed by atoms with Gasteiger partial charge in [-0.25, -0.2) is 4.79 Å². The van der Waals surface area contributed by atoms with Gasteiger partial charge in [0.1, 0.15) is 0 Å². The minimum atomic E-state index is -1.48. The lowest BCUT2D eigenvalue weighted by Crippen LogP contribution is -2.02. The lowest BCUT2D eigenvalue weighted by atomic mass is 10.4. The van der Waals surface area contributed by atoms with Gasteiger partial charge in [0.15, 0.2) is 0 Å². The van der Waals surface area contributed by atoms with E-state index in [1.807, 2.05) is 11.4 Å². The molecule has 0 saturated heterocycles. The topological polar surface area (TPSA) is 85.5 Å². The average Bonchev–Trinajstić information content (AvgIpc) is 2.69. The fourth-order valence-electron chi connectivity index (χ4n) is 0.832. The fourth-order valence-corrected chi connectivity index (χ4v) is 1.48. The Morgan fingerprint density at radius 2 is 2.50 bits per heavy atom. The maximum atomic E-state index is 10.1. The molecule has 0 aliphatic rings. The highest BCUT2D eigenvalue weighted by atomic mass is 32.1. The van der Waals surface area contributed by atoms with Gasteiger partial charge in [0.25, 0.3) is 0 Å². The molecular formula is C7H4N2O4S. The summed E-state index contributed by atoms with van der Waals surface area (Å²) in [7, 11) is 0. The molecule has 0 unspecified atom stereocenters. The molecular weight excluding hydrogens is 208 g/mol. The summed E-state index contributed by atoms with van der Waals surface area (Å²) in [5.41, 5.74) is 0. The van der Waals surface area contributed by atoms with E-state index in [1.54, 1.807) is 6.07 Å². The van der Waals surface area contributed by atoms with Crippen molar-refractivity contribution in [2.75, 3.05) is 0 Å². The Bertz CT molecular complexity index is 436. The first-order chi connectivity index (χ1) is 6.75. The molecule has 0 amide bonds. The number of nitrogens with zero attached hydrogens (tertiary/aromatic N) is 2. The highest BCUT2D eigenvalue weighted by Gasteiger charge is 2.12. The number of carboxylic acid groups (broad SMARTS) is 1. The van der Waals surface area contributed by atoms with E-state index in [9.17, 15) is 4.79 Å². The molecule has 0 aliphatic carbocycles. The van der Waals surface area contributed by atoms with Gasteiger partial charge in [-0.15, -0.1) is 11.3 Å². The van der Waals surface area contributed by atoms with Crippen molar-refractivity contribution < 1.29 is 19.2 Å². The van der Waals surface area contributed by atoms with Crippen molar-refractivity contribution in [1.29, 1.82) is 0 Å². The van der Waals surface area contributed by atoms with Crippen molar-refractivity contribution >= 4 is 17.5 Å². The van der Waals surface area contributed by atoms with E-state index in [4.69, 9.17) is 5.11 Å². The van der Waals surface area contributed by atoms with Crippen LogP contribution >= 0.6 is 11.3 Å². The van der Waals surface area contributed by atoms with Crippen molar-refractivity contribution in [3.05, 3.63) is 17.5 Å².